The molecular weight excluding hydrogens is 248 g/mol. The summed E-state index contributed by atoms with van der Waals surface area (Å²) in [6.07, 6.45) is 4.53. The number of rotatable bonds is 7. The zero-order valence-corrected chi connectivity index (χ0v) is 12.0. The molecule has 0 fully saturated rings. The van der Waals surface area contributed by atoms with E-state index >= 15 is 0 Å². The molecule has 0 aliphatic carbocycles. The van der Waals surface area contributed by atoms with E-state index in [1.165, 1.54) is 29.9 Å². The van der Waals surface area contributed by atoms with Crippen LogP contribution in [0.25, 0.3) is 0 Å². The second-order valence-electron chi connectivity index (χ2n) is 3.84. The van der Waals surface area contributed by atoms with Crippen LogP contribution in [0.4, 0.5) is 0 Å². The Balaban J connectivity index is 2.24. The fourth-order valence-electron chi connectivity index (χ4n) is 1.37. The van der Waals surface area contributed by atoms with E-state index in [2.05, 4.69) is 30.2 Å². The number of hydrogen-bond acceptors (Lipinski definition) is 3. The monoisotopic (exact) mass is 268 g/mol. The first-order chi connectivity index (χ1) is 8.36. The molecule has 0 saturated heterocycles. The molecule has 0 bridgehead atoms. The van der Waals surface area contributed by atoms with E-state index in [1.807, 2.05) is 11.8 Å². The first-order valence-corrected chi connectivity index (χ1v) is 8.15. The van der Waals surface area contributed by atoms with Crippen LogP contribution in [-0.2, 0) is 5.75 Å². The molecule has 1 nitrogen and oxygen atoms in total. The SMILES string of the molecule is CCCCCSCc1cc(C#CCCO)cs1. The molecule has 1 rings (SSSR count). The minimum Gasteiger partial charge on any atom is -0.395 e. The predicted octanol–water partition coefficient (Wildman–Crippen LogP) is 3.91. The summed E-state index contributed by atoms with van der Waals surface area (Å²) >= 11 is 3.80. The van der Waals surface area contributed by atoms with E-state index < -0.39 is 0 Å². The van der Waals surface area contributed by atoms with Crippen molar-refractivity contribution >= 4 is 23.1 Å². The van der Waals surface area contributed by atoms with Crippen LogP contribution in [0.1, 0.15) is 43.0 Å². The van der Waals surface area contributed by atoms with Crippen molar-refractivity contribution < 1.29 is 5.11 Å². The Bertz CT molecular complexity index is 360. The highest BCUT2D eigenvalue weighted by Crippen LogP contribution is 2.20. The van der Waals surface area contributed by atoms with Gasteiger partial charge in [-0.25, -0.2) is 0 Å². The van der Waals surface area contributed by atoms with Gasteiger partial charge >= 0.3 is 0 Å². The summed E-state index contributed by atoms with van der Waals surface area (Å²) in [6, 6.07) is 2.17. The molecule has 0 radical (unpaired) electrons. The van der Waals surface area contributed by atoms with Gasteiger partial charge in [-0.1, -0.05) is 31.6 Å². The average molecular weight is 268 g/mol. The average Bonchev–Trinajstić information content (AvgIpc) is 2.77. The number of aliphatic hydroxyl groups excluding tert-OH is 1. The Kier molecular flexibility index (Phi) is 8.25. The molecule has 17 heavy (non-hydrogen) atoms. The molecule has 94 valence electrons. The van der Waals surface area contributed by atoms with E-state index in [0.717, 1.165) is 11.3 Å². The van der Waals surface area contributed by atoms with E-state index in [1.54, 1.807) is 11.3 Å². The van der Waals surface area contributed by atoms with Gasteiger partial charge in [-0.2, -0.15) is 11.8 Å². The number of aliphatic hydroxyl groups is 1. The summed E-state index contributed by atoms with van der Waals surface area (Å²) in [7, 11) is 0. The van der Waals surface area contributed by atoms with Gasteiger partial charge in [-0.05, 0) is 18.2 Å². The van der Waals surface area contributed by atoms with Gasteiger partial charge in [0.1, 0.15) is 0 Å². The normalized spacial score (nSPS) is 10.0. The third-order valence-electron chi connectivity index (χ3n) is 2.26. The van der Waals surface area contributed by atoms with Crippen LogP contribution in [0.15, 0.2) is 11.4 Å². The van der Waals surface area contributed by atoms with Gasteiger partial charge in [-0.15, -0.1) is 11.3 Å². The third kappa shape index (κ3) is 6.78. The first-order valence-electron chi connectivity index (χ1n) is 6.11. The van der Waals surface area contributed by atoms with Crippen LogP contribution >= 0.6 is 23.1 Å². The summed E-state index contributed by atoms with van der Waals surface area (Å²) in [6.45, 7) is 2.39. The van der Waals surface area contributed by atoms with Crippen molar-refractivity contribution in [3.8, 4) is 11.8 Å². The van der Waals surface area contributed by atoms with Gasteiger partial charge in [0.25, 0.3) is 0 Å². The summed E-state index contributed by atoms with van der Waals surface area (Å²) in [5.41, 5.74) is 1.09. The molecule has 3 heteroatoms. The molecule has 0 spiro atoms. The lowest BCUT2D eigenvalue weighted by Crippen LogP contribution is -1.81. The van der Waals surface area contributed by atoms with Gasteiger partial charge in [0.15, 0.2) is 0 Å². The fourth-order valence-corrected chi connectivity index (χ4v) is 3.33. The molecule has 1 N–H and O–H groups in total. The summed E-state index contributed by atoms with van der Waals surface area (Å²) in [4.78, 5) is 1.40. The van der Waals surface area contributed by atoms with Crippen molar-refractivity contribution in [2.75, 3.05) is 12.4 Å². The Labute approximate surface area is 113 Å². The Morgan fingerprint density at radius 2 is 2.29 bits per heavy atom. The lowest BCUT2D eigenvalue weighted by molar-refractivity contribution is 0.305. The van der Waals surface area contributed by atoms with Crippen LogP contribution < -0.4 is 0 Å². The predicted molar refractivity (Wildman–Crippen MR) is 78.6 cm³/mol. The first kappa shape index (κ1) is 14.6. The van der Waals surface area contributed by atoms with Crippen molar-refractivity contribution in [3.05, 3.63) is 21.9 Å². The third-order valence-corrected chi connectivity index (χ3v) is 4.47. The van der Waals surface area contributed by atoms with Crippen LogP contribution in [0.2, 0.25) is 0 Å². The van der Waals surface area contributed by atoms with Crippen molar-refractivity contribution in [1.82, 2.24) is 0 Å². The molecule has 0 amide bonds. The van der Waals surface area contributed by atoms with E-state index in [4.69, 9.17) is 5.11 Å². The van der Waals surface area contributed by atoms with Crippen LogP contribution in [-0.4, -0.2) is 17.5 Å². The van der Waals surface area contributed by atoms with Crippen LogP contribution in [0.5, 0.6) is 0 Å². The lowest BCUT2D eigenvalue weighted by Gasteiger charge is -1.97. The molecule has 0 aliphatic rings. The quantitative estimate of drug-likeness (QED) is 0.598. The molecule has 0 unspecified atom stereocenters. The smallest absolute Gasteiger partial charge is 0.0540 e. The van der Waals surface area contributed by atoms with E-state index in [9.17, 15) is 0 Å². The molecule has 1 heterocycles. The van der Waals surface area contributed by atoms with Gasteiger partial charge in [0.05, 0.1) is 6.61 Å². The van der Waals surface area contributed by atoms with Crippen molar-refractivity contribution in [2.24, 2.45) is 0 Å². The Morgan fingerprint density at radius 1 is 1.41 bits per heavy atom. The highest BCUT2D eigenvalue weighted by Gasteiger charge is 1.98. The van der Waals surface area contributed by atoms with Crippen LogP contribution in [0.3, 0.4) is 0 Å². The Hall–Kier alpha value is -0.430. The van der Waals surface area contributed by atoms with Crippen molar-refractivity contribution in [1.29, 1.82) is 0 Å². The lowest BCUT2D eigenvalue weighted by atomic mass is 10.3. The van der Waals surface area contributed by atoms with Gasteiger partial charge in [-0.3, -0.25) is 0 Å². The van der Waals surface area contributed by atoms with Crippen molar-refractivity contribution in [2.45, 2.75) is 38.4 Å². The molecular formula is C14H20OS2. The highest BCUT2D eigenvalue weighted by atomic mass is 32.2. The molecule has 0 aromatic carbocycles. The summed E-state index contributed by atoms with van der Waals surface area (Å²) in [5.74, 6) is 8.38. The largest absolute Gasteiger partial charge is 0.395 e. The maximum atomic E-state index is 8.63. The summed E-state index contributed by atoms with van der Waals surface area (Å²) in [5, 5.41) is 10.7. The van der Waals surface area contributed by atoms with Gasteiger partial charge < -0.3 is 5.11 Å². The second-order valence-corrected chi connectivity index (χ2v) is 5.94. The van der Waals surface area contributed by atoms with E-state index in [-0.39, 0.29) is 6.61 Å². The second kappa shape index (κ2) is 9.58. The molecule has 0 atom stereocenters. The minimum absolute atomic E-state index is 0.150. The molecule has 1 aromatic rings. The zero-order valence-electron chi connectivity index (χ0n) is 10.4. The molecule has 0 aliphatic heterocycles. The minimum atomic E-state index is 0.150. The fraction of sp³-hybridized carbons (Fsp3) is 0.571. The number of unbranched alkanes of at least 4 members (excludes halogenated alkanes) is 2. The maximum Gasteiger partial charge on any atom is 0.0540 e. The summed E-state index contributed by atoms with van der Waals surface area (Å²) < 4.78 is 0. The molecule has 0 saturated carbocycles. The maximum absolute atomic E-state index is 8.63. The topological polar surface area (TPSA) is 20.2 Å². The number of thioether (sulfide) groups is 1. The molecule has 1 aromatic heterocycles. The zero-order chi connectivity index (χ0) is 12.3. The van der Waals surface area contributed by atoms with E-state index in [0.29, 0.717) is 6.42 Å². The van der Waals surface area contributed by atoms with Crippen molar-refractivity contribution in [3.63, 3.8) is 0 Å². The van der Waals surface area contributed by atoms with Gasteiger partial charge in [0, 0.05) is 28.0 Å². The Morgan fingerprint density at radius 3 is 3.06 bits per heavy atom. The highest BCUT2D eigenvalue weighted by molar-refractivity contribution is 7.98. The van der Waals surface area contributed by atoms with Crippen LogP contribution in [0, 0.1) is 11.8 Å². The van der Waals surface area contributed by atoms with Gasteiger partial charge in [0.2, 0.25) is 0 Å². The number of thiophene rings is 1. The number of hydrogen-bond donors (Lipinski definition) is 1. The standard InChI is InChI=1S/C14H20OS2/c1-2-3-6-9-16-12-14-10-13(11-17-14)7-4-5-8-15/h10-11,15H,2-3,5-6,8-9,12H2,1H3.